The van der Waals surface area contributed by atoms with Gasteiger partial charge in [0, 0.05) is 5.92 Å². The topological polar surface area (TPSA) is 44.8 Å². The molecule has 4 atom stereocenters. The minimum Gasteiger partial charge on any atom is -0.497 e. The summed E-state index contributed by atoms with van der Waals surface area (Å²) in [6.07, 6.45) is 4.73. The average molecular weight is 380 g/mol. The first kappa shape index (κ1) is 18.9. The summed E-state index contributed by atoms with van der Waals surface area (Å²) in [4.78, 5) is 13.0. The van der Waals surface area contributed by atoms with Gasteiger partial charge in [-0.3, -0.25) is 4.79 Å². The number of hydrogen-bond donors (Lipinski definition) is 0. The van der Waals surface area contributed by atoms with Gasteiger partial charge in [-0.05, 0) is 65.6 Å². The quantitative estimate of drug-likeness (QED) is 0.698. The number of fused-ring (bicyclic) bond motifs is 3. The molecule has 0 saturated heterocycles. The number of hydrogen-bond acceptors (Lipinski definition) is 4. The van der Waals surface area contributed by atoms with Gasteiger partial charge in [-0.25, -0.2) is 0 Å². The van der Waals surface area contributed by atoms with Crippen molar-refractivity contribution in [2.24, 2.45) is 5.92 Å². The fourth-order valence-corrected chi connectivity index (χ4v) is 5.37. The highest BCUT2D eigenvalue weighted by atomic mass is 16.5. The zero-order valence-corrected chi connectivity index (χ0v) is 16.8. The summed E-state index contributed by atoms with van der Waals surface area (Å²) in [6, 6.07) is 14.4. The van der Waals surface area contributed by atoms with Gasteiger partial charge in [0.1, 0.15) is 11.5 Å². The molecule has 0 bridgehead atoms. The molecule has 2 aromatic carbocycles. The lowest BCUT2D eigenvalue weighted by molar-refractivity contribution is -0.144. The lowest BCUT2D eigenvalue weighted by Crippen LogP contribution is -2.37. The highest BCUT2D eigenvalue weighted by molar-refractivity contribution is 5.81. The van der Waals surface area contributed by atoms with Gasteiger partial charge in [-0.15, -0.1) is 0 Å². The number of methoxy groups -OCH3 is 3. The SMILES string of the molecule is COC(=O)[C@H]1c2ccc(OC)cc2[C@@H]2CCCC[C@@H]2[C@@H]1c1ccc(OC)cc1. The van der Waals surface area contributed by atoms with Gasteiger partial charge in [0.25, 0.3) is 0 Å². The van der Waals surface area contributed by atoms with Crippen molar-refractivity contribution in [3.63, 3.8) is 0 Å². The Hall–Kier alpha value is -2.49. The van der Waals surface area contributed by atoms with Crippen molar-refractivity contribution >= 4 is 5.97 Å². The minimum atomic E-state index is -0.293. The second-order valence-corrected chi connectivity index (χ2v) is 7.85. The summed E-state index contributed by atoms with van der Waals surface area (Å²) in [6.45, 7) is 0. The van der Waals surface area contributed by atoms with Crippen LogP contribution < -0.4 is 9.47 Å². The molecule has 2 aliphatic rings. The molecule has 0 unspecified atom stereocenters. The van der Waals surface area contributed by atoms with E-state index in [1.807, 2.05) is 18.2 Å². The molecule has 0 spiro atoms. The molecule has 0 radical (unpaired) electrons. The monoisotopic (exact) mass is 380 g/mol. The summed E-state index contributed by atoms with van der Waals surface area (Å²) >= 11 is 0. The maximum atomic E-state index is 13.0. The lowest BCUT2D eigenvalue weighted by Gasteiger charge is -2.46. The van der Waals surface area contributed by atoms with Crippen LogP contribution >= 0.6 is 0 Å². The second-order valence-electron chi connectivity index (χ2n) is 7.85. The van der Waals surface area contributed by atoms with Gasteiger partial charge in [-0.1, -0.05) is 31.0 Å². The van der Waals surface area contributed by atoms with Crippen molar-refractivity contribution < 1.29 is 19.0 Å². The largest absolute Gasteiger partial charge is 0.497 e. The molecule has 4 rings (SSSR count). The predicted octanol–water partition coefficient (Wildman–Crippen LogP) is 5.03. The van der Waals surface area contributed by atoms with E-state index in [1.54, 1.807) is 14.2 Å². The van der Waals surface area contributed by atoms with Crippen molar-refractivity contribution in [2.45, 2.75) is 43.4 Å². The van der Waals surface area contributed by atoms with E-state index in [2.05, 4.69) is 24.3 Å². The maximum Gasteiger partial charge on any atom is 0.313 e. The van der Waals surface area contributed by atoms with Crippen LogP contribution in [-0.2, 0) is 9.53 Å². The van der Waals surface area contributed by atoms with E-state index in [-0.39, 0.29) is 17.8 Å². The van der Waals surface area contributed by atoms with Crippen molar-refractivity contribution in [1.29, 1.82) is 0 Å². The Morgan fingerprint density at radius 3 is 2.21 bits per heavy atom. The predicted molar refractivity (Wildman–Crippen MR) is 108 cm³/mol. The summed E-state index contributed by atoms with van der Waals surface area (Å²) in [5.74, 6) is 2.23. The van der Waals surface area contributed by atoms with Crippen LogP contribution in [0, 0.1) is 5.92 Å². The molecule has 1 fully saturated rings. The molecule has 0 heterocycles. The molecule has 0 aromatic heterocycles. The number of esters is 1. The van der Waals surface area contributed by atoms with Gasteiger partial charge in [0.15, 0.2) is 0 Å². The third-order valence-corrected chi connectivity index (χ3v) is 6.62. The molecule has 0 N–H and O–H groups in total. The fourth-order valence-electron chi connectivity index (χ4n) is 5.37. The summed E-state index contributed by atoms with van der Waals surface area (Å²) in [5.41, 5.74) is 3.55. The van der Waals surface area contributed by atoms with Crippen LogP contribution in [0.4, 0.5) is 0 Å². The van der Waals surface area contributed by atoms with E-state index < -0.39 is 0 Å². The second kappa shape index (κ2) is 7.86. The first-order valence-corrected chi connectivity index (χ1v) is 10.1. The summed E-state index contributed by atoms with van der Waals surface area (Å²) < 4.78 is 16.1. The Labute approximate surface area is 166 Å². The molecule has 2 aliphatic carbocycles. The third-order valence-electron chi connectivity index (χ3n) is 6.62. The Kier molecular flexibility index (Phi) is 5.29. The zero-order chi connectivity index (χ0) is 19.7. The molecule has 1 saturated carbocycles. The number of benzene rings is 2. The normalized spacial score (nSPS) is 26.0. The van der Waals surface area contributed by atoms with E-state index in [0.29, 0.717) is 11.8 Å². The highest BCUT2D eigenvalue weighted by Gasteiger charge is 2.47. The van der Waals surface area contributed by atoms with Crippen LogP contribution in [0.5, 0.6) is 11.5 Å². The zero-order valence-electron chi connectivity index (χ0n) is 16.8. The molecule has 2 aromatic rings. The molecular formula is C24H28O4. The molecular weight excluding hydrogens is 352 g/mol. The van der Waals surface area contributed by atoms with Gasteiger partial charge < -0.3 is 14.2 Å². The number of rotatable bonds is 4. The smallest absolute Gasteiger partial charge is 0.313 e. The first-order chi connectivity index (χ1) is 13.7. The van der Waals surface area contributed by atoms with Crippen LogP contribution in [0.3, 0.4) is 0 Å². The Bertz CT molecular complexity index is 842. The Morgan fingerprint density at radius 2 is 1.54 bits per heavy atom. The maximum absolute atomic E-state index is 13.0. The average Bonchev–Trinajstić information content (AvgIpc) is 2.77. The van der Waals surface area contributed by atoms with Crippen molar-refractivity contribution in [3.8, 4) is 11.5 Å². The van der Waals surface area contributed by atoms with E-state index in [4.69, 9.17) is 14.2 Å². The van der Waals surface area contributed by atoms with Crippen molar-refractivity contribution in [3.05, 3.63) is 59.2 Å². The van der Waals surface area contributed by atoms with Gasteiger partial charge in [-0.2, -0.15) is 0 Å². The summed E-state index contributed by atoms with van der Waals surface area (Å²) in [7, 11) is 4.86. The van der Waals surface area contributed by atoms with Crippen molar-refractivity contribution in [1.82, 2.24) is 0 Å². The summed E-state index contributed by atoms with van der Waals surface area (Å²) in [5, 5.41) is 0. The highest BCUT2D eigenvalue weighted by Crippen LogP contribution is 2.57. The van der Waals surface area contributed by atoms with E-state index >= 15 is 0 Å². The first-order valence-electron chi connectivity index (χ1n) is 10.1. The van der Waals surface area contributed by atoms with Crippen molar-refractivity contribution in [2.75, 3.05) is 21.3 Å². The molecule has 148 valence electrons. The molecule has 0 amide bonds. The van der Waals surface area contributed by atoms with E-state index in [9.17, 15) is 4.79 Å². The van der Waals surface area contributed by atoms with E-state index in [0.717, 1.165) is 29.9 Å². The molecule has 4 heteroatoms. The Balaban J connectivity index is 1.87. The number of carbonyl (C=O) groups excluding carboxylic acids is 1. The van der Waals surface area contributed by atoms with Gasteiger partial charge in [0.05, 0.1) is 27.2 Å². The van der Waals surface area contributed by atoms with Crippen LogP contribution in [-0.4, -0.2) is 27.3 Å². The van der Waals surface area contributed by atoms with Crippen LogP contribution in [0.15, 0.2) is 42.5 Å². The van der Waals surface area contributed by atoms with Gasteiger partial charge in [0.2, 0.25) is 0 Å². The fraction of sp³-hybridized carbons (Fsp3) is 0.458. The number of ether oxygens (including phenoxy) is 3. The van der Waals surface area contributed by atoms with Gasteiger partial charge >= 0.3 is 5.97 Å². The Morgan fingerprint density at radius 1 is 0.857 bits per heavy atom. The lowest BCUT2D eigenvalue weighted by atomic mass is 9.57. The molecule has 4 nitrogen and oxygen atoms in total. The minimum absolute atomic E-state index is 0.115. The third kappa shape index (κ3) is 3.15. The molecule has 28 heavy (non-hydrogen) atoms. The molecule has 0 aliphatic heterocycles. The van der Waals surface area contributed by atoms with Crippen LogP contribution in [0.2, 0.25) is 0 Å². The van der Waals surface area contributed by atoms with E-state index in [1.165, 1.54) is 31.1 Å². The van der Waals surface area contributed by atoms with Crippen LogP contribution in [0.25, 0.3) is 0 Å². The van der Waals surface area contributed by atoms with Crippen LogP contribution in [0.1, 0.15) is 60.1 Å². The number of carbonyl (C=O) groups is 1. The standard InChI is InChI=1S/C24H28O4/c1-26-16-10-8-15(9-11-16)22-19-7-5-4-6-18(19)21-14-17(27-2)12-13-20(21)23(22)24(25)28-3/h8-14,18-19,22-23H,4-7H2,1-3H3/t18-,19+,22+,23+/m1/s1.